The van der Waals surface area contributed by atoms with Crippen LogP contribution in [0.1, 0.15) is 6.42 Å². The van der Waals surface area contributed by atoms with Gasteiger partial charge in [-0.3, -0.25) is 9.59 Å². The van der Waals surface area contributed by atoms with E-state index in [-0.39, 0.29) is 31.4 Å². The average Bonchev–Trinajstić information content (AvgIpc) is 2.55. The number of amides is 2. The molecular formula is C17H16BrClN2O3. The molecule has 0 spiro atoms. The fraction of sp³-hybridized carbons (Fsp3) is 0.176. The van der Waals surface area contributed by atoms with Crippen LogP contribution in [0.4, 0.5) is 5.69 Å². The second-order valence-electron chi connectivity index (χ2n) is 4.89. The Morgan fingerprint density at radius 1 is 1.08 bits per heavy atom. The zero-order valence-electron chi connectivity index (χ0n) is 12.7. The van der Waals surface area contributed by atoms with Gasteiger partial charge in [0.15, 0.2) is 0 Å². The van der Waals surface area contributed by atoms with E-state index in [9.17, 15) is 9.59 Å². The van der Waals surface area contributed by atoms with Gasteiger partial charge < -0.3 is 15.4 Å². The van der Waals surface area contributed by atoms with E-state index in [1.807, 2.05) is 12.1 Å². The molecular weight excluding hydrogens is 396 g/mol. The Hall–Kier alpha value is -2.05. The van der Waals surface area contributed by atoms with Crippen molar-refractivity contribution in [2.24, 2.45) is 0 Å². The average molecular weight is 412 g/mol. The van der Waals surface area contributed by atoms with E-state index in [0.717, 1.165) is 4.47 Å². The maximum Gasteiger partial charge on any atom is 0.243 e. The van der Waals surface area contributed by atoms with Crippen molar-refractivity contribution in [3.63, 3.8) is 0 Å². The molecule has 0 heterocycles. The minimum atomic E-state index is -0.290. The van der Waals surface area contributed by atoms with Crippen molar-refractivity contribution in [1.29, 1.82) is 0 Å². The van der Waals surface area contributed by atoms with Crippen LogP contribution < -0.4 is 15.4 Å². The number of halogens is 2. The number of rotatable bonds is 7. The zero-order valence-corrected chi connectivity index (χ0v) is 15.1. The summed E-state index contributed by atoms with van der Waals surface area (Å²) in [6, 6.07) is 14.1. The highest BCUT2D eigenvalue weighted by Gasteiger charge is 2.06. The first kappa shape index (κ1) is 18.3. The molecule has 0 saturated carbocycles. The minimum absolute atomic E-state index is 0.0912. The molecule has 2 aromatic carbocycles. The van der Waals surface area contributed by atoms with Crippen LogP contribution in [0.25, 0.3) is 0 Å². The Morgan fingerprint density at radius 2 is 1.83 bits per heavy atom. The fourth-order valence-electron chi connectivity index (χ4n) is 1.82. The lowest BCUT2D eigenvalue weighted by molar-refractivity contribution is -0.124. The lowest BCUT2D eigenvalue weighted by Gasteiger charge is -2.08. The van der Waals surface area contributed by atoms with Crippen molar-refractivity contribution in [2.45, 2.75) is 6.42 Å². The molecule has 2 rings (SSSR count). The molecule has 126 valence electrons. The topological polar surface area (TPSA) is 67.4 Å². The predicted molar refractivity (Wildman–Crippen MR) is 97.3 cm³/mol. The van der Waals surface area contributed by atoms with Gasteiger partial charge in [0.2, 0.25) is 11.8 Å². The molecule has 0 aliphatic heterocycles. The molecule has 0 aliphatic carbocycles. The highest BCUT2D eigenvalue weighted by atomic mass is 79.9. The molecule has 5 nitrogen and oxygen atoms in total. The number of anilines is 1. The first-order valence-electron chi connectivity index (χ1n) is 7.23. The first-order valence-corrected chi connectivity index (χ1v) is 8.40. The van der Waals surface area contributed by atoms with Crippen molar-refractivity contribution in [1.82, 2.24) is 5.32 Å². The molecule has 0 atom stereocenters. The summed E-state index contributed by atoms with van der Waals surface area (Å²) in [6.45, 7) is 0.118. The lowest BCUT2D eigenvalue weighted by atomic mass is 10.3. The molecule has 0 saturated heterocycles. The normalized spacial score (nSPS) is 10.1. The monoisotopic (exact) mass is 410 g/mol. The number of carbonyl (C=O) groups excluding carboxylic acids is 2. The van der Waals surface area contributed by atoms with E-state index < -0.39 is 0 Å². The minimum Gasteiger partial charge on any atom is -0.493 e. The van der Waals surface area contributed by atoms with Crippen molar-refractivity contribution in [3.8, 4) is 5.75 Å². The Bertz CT molecular complexity index is 707. The van der Waals surface area contributed by atoms with E-state index in [2.05, 4.69) is 26.6 Å². The molecule has 0 radical (unpaired) electrons. The number of hydrogen-bond acceptors (Lipinski definition) is 3. The van der Waals surface area contributed by atoms with Gasteiger partial charge in [-0.05, 0) is 42.5 Å². The van der Waals surface area contributed by atoms with Gasteiger partial charge in [0.1, 0.15) is 5.75 Å². The number of ether oxygens (including phenoxy) is 1. The Morgan fingerprint density at radius 3 is 2.54 bits per heavy atom. The van der Waals surface area contributed by atoms with Crippen molar-refractivity contribution >= 4 is 45.0 Å². The summed E-state index contributed by atoms with van der Waals surface area (Å²) in [7, 11) is 0. The Labute approximate surface area is 153 Å². The zero-order chi connectivity index (χ0) is 17.4. The number of carbonyl (C=O) groups is 2. The number of nitrogens with one attached hydrogen (secondary N) is 2. The Kier molecular flexibility index (Phi) is 7.08. The van der Waals surface area contributed by atoms with E-state index >= 15 is 0 Å². The summed E-state index contributed by atoms with van der Waals surface area (Å²) >= 11 is 9.16. The van der Waals surface area contributed by atoms with Crippen LogP contribution in [0.2, 0.25) is 5.02 Å². The summed E-state index contributed by atoms with van der Waals surface area (Å²) in [6.07, 6.45) is 0.151. The maximum atomic E-state index is 11.8. The molecule has 0 aromatic heterocycles. The van der Waals surface area contributed by atoms with Crippen LogP contribution in [-0.2, 0) is 9.59 Å². The third-order valence-corrected chi connectivity index (χ3v) is 3.73. The second-order valence-corrected chi connectivity index (χ2v) is 6.24. The van der Waals surface area contributed by atoms with Crippen molar-refractivity contribution in [3.05, 3.63) is 58.0 Å². The third-order valence-electron chi connectivity index (χ3n) is 2.97. The summed E-state index contributed by atoms with van der Waals surface area (Å²) < 4.78 is 6.35. The third kappa shape index (κ3) is 6.60. The molecule has 0 fully saturated rings. The molecule has 24 heavy (non-hydrogen) atoms. The van der Waals surface area contributed by atoms with Crippen LogP contribution in [0.3, 0.4) is 0 Å². The van der Waals surface area contributed by atoms with Gasteiger partial charge in [-0.15, -0.1) is 0 Å². The second kappa shape index (κ2) is 9.30. The van der Waals surface area contributed by atoms with E-state index in [1.165, 1.54) is 0 Å². The lowest BCUT2D eigenvalue weighted by Crippen LogP contribution is -2.33. The number of benzene rings is 2. The van der Waals surface area contributed by atoms with E-state index in [1.54, 1.807) is 36.4 Å². The predicted octanol–water partition coefficient (Wildman–Crippen LogP) is 3.63. The summed E-state index contributed by atoms with van der Waals surface area (Å²) in [5.41, 5.74) is 0.668. The van der Waals surface area contributed by atoms with Gasteiger partial charge in [0.05, 0.1) is 19.6 Å². The molecule has 7 heteroatoms. The molecule has 2 aromatic rings. The summed E-state index contributed by atoms with van der Waals surface area (Å²) in [4.78, 5) is 23.4. The van der Waals surface area contributed by atoms with E-state index in [0.29, 0.717) is 16.5 Å². The smallest absolute Gasteiger partial charge is 0.243 e. The van der Waals surface area contributed by atoms with Crippen LogP contribution in [0.15, 0.2) is 53.0 Å². The van der Waals surface area contributed by atoms with Crippen LogP contribution in [-0.4, -0.2) is 25.0 Å². The van der Waals surface area contributed by atoms with Gasteiger partial charge in [-0.1, -0.05) is 33.6 Å². The molecule has 0 aliphatic rings. The SMILES string of the molecule is O=C(CCOc1cccc(Cl)c1)NCC(=O)Nc1ccc(Br)cc1. The van der Waals surface area contributed by atoms with Crippen LogP contribution >= 0.6 is 27.5 Å². The van der Waals surface area contributed by atoms with Crippen molar-refractivity contribution in [2.75, 3.05) is 18.5 Å². The molecule has 0 unspecified atom stereocenters. The number of hydrogen-bond donors (Lipinski definition) is 2. The van der Waals surface area contributed by atoms with Gasteiger partial charge in [0, 0.05) is 15.2 Å². The largest absolute Gasteiger partial charge is 0.493 e. The first-order chi connectivity index (χ1) is 11.5. The highest BCUT2D eigenvalue weighted by molar-refractivity contribution is 9.10. The molecule has 2 N–H and O–H groups in total. The fourth-order valence-corrected chi connectivity index (χ4v) is 2.27. The van der Waals surface area contributed by atoms with Crippen LogP contribution in [0.5, 0.6) is 5.75 Å². The van der Waals surface area contributed by atoms with Gasteiger partial charge in [0.25, 0.3) is 0 Å². The van der Waals surface area contributed by atoms with Gasteiger partial charge >= 0.3 is 0 Å². The maximum absolute atomic E-state index is 11.8. The molecule has 0 bridgehead atoms. The van der Waals surface area contributed by atoms with E-state index in [4.69, 9.17) is 16.3 Å². The molecule has 2 amide bonds. The quantitative estimate of drug-likeness (QED) is 0.731. The van der Waals surface area contributed by atoms with Crippen molar-refractivity contribution < 1.29 is 14.3 Å². The highest BCUT2D eigenvalue weighted by Crippen LogP contribution is 2.17. The standard InChI is InChI=1S/C17H16BrClN2O3/c18-12-4-6-14(7-5-12)21-17(23)11-20-16(22)8-9-24-15-3-1-2-13(19)10-15/h1-7,10H,8-9,11H2,(H,20,22)(H,21,23). The van der Waals surface area contributed by atoms with Gasteiger partial charge in [-0.25, -0.2) is 0 Å². The summed E-state index contributed by atoms with van der Waals surface area (Å²) in [5, 5.41) is 5.81. The Balaban J connectivity index is 1.65. The van der Waals surface area contributed by atoms with Gasteiger partial charge in [-0.2, -0.15) is 0 Å². The van der Waals surface area contributed by atoms with Crippen LogP contribution in [0, 0.1) is 0 Å². The summed E-state index contributed by atoms with van der Waals surface area (Å²) in [5.74, 6) is 0.0488.